The van der Waals surface area contributed by atoms with E-state index in [1.54, 1.807) is 0 Å². The first-order valence-corrected chi connectivity index (χ1v) is 8.44. The summed E-state index contributed by atoms with van der Waals surface area (Å²) in [6.45, 7) is 3.91. The van der Waals surface area contributed by atoms with Crippen molar-refractivity contribution < 1.29 is 9.52 Å². The van der Waals surface area contributed by atoms with E-state index in [2.05, 4.69) is 35.0 Å². The Kier molecular flexibility index (Phi) is 5.49. The van der Waals surface area contributed by atoms with Gasteiger partial charge in [0.25, 0.3) is 0 Å². The second kappa shape index (κ2) is 7.77. The van der Waals surface area contributed by atoms with Gasteiger partial charge in [-0.25, -0.2) is 0 Å². The Labute approximate surface area is 138 Å². The molecular weight excluding hydrogens is 288 g/mol. The van der Waals surface area contributed by atoms with Gasteiger partial charge in [0.15, 0.2) is 0 Å². The third-order valence-electron chi connectivity index (χ3n) is 4.67. The second-order valence-corrected chi connectivity index (χ2v) is 6.36. The van der Waals surface area contributed by atoms with Gasteiger partial charge in [-0.15, -0.1) is 0 Å². The Morgan fingerprint density at radius 3 is 2.57 bits per heavy atom. The number of aliphatic hydroxyl groups is 1. The van der Waals surface area contributed by atoms with Gasteiger partial charge in [-0.05, 0) is 45.1 Å². The van der Waals surface area contributed by atoms with Crippen LogP contribution in [0, 0.1) is 0 Å². The van der Waals surface area contributed by atoms with Crippen molar-refractivity contribution in [3.63, 3.8) is 0 Å². The molecule has 1 aromatic heterocycles. The summed E-state index contributed by atoms with van der Waals surface area (Å²) in [5.41, 5.74) is 1.10. The summed E-state index contributed by atoms with van der Waals surface area (Å²) in [6.07, 6.45) is 2.31. The molecule has 1 fully saturated rings. The minimum absolute atomic E-state index is 0.193. The van der Waals surface area contributed by atoms with Gasteiger partial charge in [0.1, 0.15) is 11.5 Å². The summed E-state index contributed by atoms with van der Waals surface area (Å²) in [6, 6.07) is 14.8. The number of hydrogen-bond acceptors (Lipinski definition) is 4. The highest BCUT2D eigenvalue weighted by atomic mass is 16.3. The molecule has 0 spiro atoms. The van der Waals surface area contributed by atoms with Crippen LogP contribution in [0.5, 0.6) is 0 Å². The van der Waals surface area contributed by atoms with Gasteiger partial charge in [-0.2, -0.15) is 0 Å². The quantitative estimate of drug-likeness (QED) is 0.890. The van der Waals surface area contributed by atoms with Crippen molar-refractivity contribution in [2.24, 2.45) is 0 Å². The molecule has 4 nitrogen and oxygen atoms in total. The van der Waals surface area contributed by atoms with Crippen LogP contribution in [0.3, 0.4) is 0 Å². The van der Waals surface area contributed by atoms with Crippen molar-refractivity contribution in [1.29, 1.82) is 0 Å². The molecule has 0 amide bonds. The molecule has 0 aliphatic carbocycles. The standard InChI is InChI=1S/C19H26N2O2/c1-20-11-9-17(10-12-20)21(13-14-22)15-18-7-8-19(23-18)16-5-3-2-4-6-16/h2-8,17,22H,9-15H2,1H3. The van der Waals surface area contributed by atoms with Crippen LogP contribution in [-0.4, -0.2) is 54.2 Å². The van der Waals surface area contributed by atoms with Crippen molar-refractivity contribution in [3.8, 4) is 11.3 Å². The Morgan fingerprint density at radius 2 is 1.87 bits per heavy atom. The highest BCUT2D eigenvalue weighted by Gasteiger charge is 2.23. The van der Waals surface area contributed by atoms with Crippen molar-refractivity contribution in [3.05, 3.63) is 48.2 Å². The molecule has 2 heterocycles. The van der Waals surface area contributed by atoms with Gasteiger partial charge >= 0.3 is 0 Å². The summed E-state index contributed by atoms with van der Waals surface area (Å²) in [5.74, 6) is 1.88. The molecule has 1 aromatic carbocycles. The van der Waals surface area contributed by atoms with Crippen molar-refractivity contribution in [2.45, 2.75) is 25.4 Å². The number of furan rings is 1. The van der Waals surface area contributed by atoms with Gasteiger partial charge < -0.3 is 14.4 Å². The monoisotopic (exact) mass is 314 g/mol. The van der Waals surface area contributed by atoms with Crippen LogP contribution in [0.4, 0.5) is 0 Å². The molecule has 4 heteroatoms. The number of piperidine rings is 1. The Hall–Kier alpha value is -1.62. The zero-order chi connectivity index (χ0) is 16.1. The molecule has 1 saturated heterocycles. The lowest BCUT2D eigenvalue weighted by Crippen LogP contribution is -2.44. The SMILES string of the molecule is CN1CCC(N(CCO)Cc2ccc(-c3ccccc3)o2)CC1. The fourth-order valence-electron chi connectivity index (χ4n) is 3.30. The van der Waals surface area contributed by atoms with Crippen molar-refractivity contribution in [1.82, 2.24) is 9.80 Å². The van der Waals surface area contributed by atoms with Crippen LogP contribution >= 0.6 is 0 Å². The molecule has 0 atom stereocenters. The third kappa shape index (κ3) is 4.22. The lowest BCUT2D eigenvalue weighted by molar-refractivity contribution is 0.0885. The maximum Gasteiger partial charge on any atom is 0.134 e. The van der Waals surface area contributed by atoms with Gasteiger partial charge in [0.05, 0.1) is 13.2 Å². The smallest absolute Gasteiger partial charge is 0.134 e. The van der Waals surface area contributed by atoms with Crippen LogP contribution < -0.4 is 0 Å². The maximum absolute atomic E-state index is 9.40. The summed E-state index contributed by atoms with van der Waals surface area (Å²) < 4.78 is 6.02. The molecule has 0 saturated carbocycles. The second-order valence-electron chi connectivity index (χ2n) is 6.36. The summed E-state index contributed by atoms with van der Waals surface area (Å²) >= 11 is 0. The van der Waals surface area contributed by atoms with Crippen LogP contribution in [-0.2, 0) is 6.54 Å². The third-order valence-corrected chi connectivity index (χ3v) is 4.67. The molecule has 0 radical (unpaired) electrons. The number of rotatable bonds is 6. The zero-order valence-corrected chi connectivity index (χ0v) is 13.8. The number of nitrogens with zero attached hydrogens (tertiary/aromatic N) is 2. The molecule has 1 N–H and O–H groups in total. The Bertz CT molecular complexity index is 588. The van der Waals surface area contributed by atoms with Gasteiger partial charge in [-0.1, -0.05) is 30.3 Å². The summed E-state index contributed by atoms with van der Waals surface area (Å²) in [7, 11) is 2.17. The predicted molar refractivity (Wildman–Crippen MR) is 92.2 cm³/mol. The average molecular weight is 314 g/mol. The van der Waals surface area contributed by atoms with E-state index in [0.717, 1.165) is 49.6 Å². The molecule has 1 aliphatic heterocycles. The first kappa shape index (κ1) is 16.2. The molecule has 3 rings (SSSR count). The number of aliphatic hydroxyl groups excluding tert-OH is 1. The van der Waals surface area contributed by atoms with E-state index in [1.165, 1.54) is 0 Å². The predicted octanol–water partition coefficient (Wildman–Crippen LogP) is 2.84. The van der Waals surface area contributed by atoms with E-state index in [9.17, 15) is 5.11 Å². The summed E-state index contributed by atoms with van der Waals surface area (Å²) in [4.78, 5) is 4.73. The largest absolute Gasteiger partial charge is 0.460 e. The van der Waals surface area contributed by atoms with Gasteiger partial charge in [-0.3, -0.25) is 4.90 Å². The normalized spacial score (nSPS) is 17.0. The molecule has 1 aliphatic rings. The highest BCUT2D eigenvalue weighted by molar-refractivity contribution is 5.57. The van der Waals surface area contributed by atoms with Crippen LogP contribution in [0.1, 0.15) is 18.6 Å². The van der Waals surface area contributed by atoms with Crippen molar-refractivity contribution in [2.75, 3.05) is 33.3 Å². The number of hydrogen-bond donors (Lipinski definition) is 1. The average Bonchev–Trinajstić information content (AvgIpc) is 3.05. The lowest BCUT2D eigenvalue weighted by Gasteiger charge is -2.36. The minimum Gasteiger partial charge on any atom is -0.460 e. The van der Waals surface area contributed by atoms with Crippen molar-refractivity contribution >= 4 is 0 Å². The van der Waals surface area contributed by atoms with Gasteiger partial charge in [0.2, 0.25) is 0 Å². The Balaban J connectivity index is 1.67. The molecule has 2 aromatic rings. The first-order chi connectivity index (χ1) is 11.3. The maximum atomic E-state index is 9.40. The van der Waals surface area contributed by atoms with E-state index in [4.69, 9.17) is 4.42 Å². The van der Waals surface area contributed by atoms with Crippen LogP contribution in [0.2, 0.25) is 0 Å². The number of benzene rings is 1. The molecule has 124 valence electrons. The zero-order valence-electron chi connectivity index (χ0n) is 13.8. The fraction of sp³-hybridized carbons (Fsp3) is 0.474. The van der Waals surface area contributed by atoms with E-state index in [1.807, 2.05) is 24.3 Å². The van der Waals surface area contributed by atoms with E-state index in [-0.39, 0.29) is 6.61 Å². The minimum atomic E-state index is 0.193. The van der Waals surface area contributed by atoms with E-state index in [0.29, 0.717) is 12.6 Å². The van der Waals surface area contributed by atoms with Crippen LogP contribution in [0.15, 0.2) is 46.9 Å². The molecule has 0 unspecified atom stereocenters. The summed E-state index contributed by atoms with van der Waals surface area (Å²) in [5, 5.41) is 9.40. The molecule has 23 heavy (non-hydrogen) atoms. The topological polar surface area (TPSA) is 39.9 Å². The molecule has 0 bridgehead atoms. The van der Waals surface area contributed by atoms with Crippen LogP contribution in [0.25, 0.3) is 11.3 Å². The number of likely N-dealkylation sites (tertiary alicyclic amines) is 1. The first-order valence-electron chi connectivity index (χ1n) is 8.44. The lowest BCUT2D eigenvalue weighted by atomic mass is 10.0. The Morgan fingerprint density at radius 1 is 1.13 bits per heavy atom. The van der Waals surface area contributed by atoms with Gasteiger partial charge in [0, 0.05) is 18.2 Å². The fourth-order valence-corrected chi connectivity index (χ4v) is 3.30. The molecular formula is C19H26N2O2. The van der Waals surface area contributed by atoms with E-state index >= 15 is 0 Å². The van der Waals surface area contributed by atoms with E-state index < -0.39 is 0 Å². The highest BCUT2D eigenvalue weighted by Crippen LogP contribution is 2.24.